The summed E-state index contributed by atoms with van der Waals surface area (Å²) >= 11 is 0. The maximum Gasteiger partial charge on any atom is 0.417 e. The molecule has 2 aromatic rings. The Morgan fingerprint density at radius 2 is 1.91 bits per heavy atom. The van der Waals surface area contributed by atoms with Crippen molar-refractivity contribution in [3.05, 3.63) is 53.5 Å². The van der Waals surface area contributed by atoms with Crippen molar-refractivity contribution < 1.29 is 18.0 Å². The van der Waals surface area contributed by atoms with Crippen LogP contribution in [0.1, 0.15) is 21.7 Å². The van der Waals surface area contributed by atoms with Crippen LogP contribution in [0.2, 0.25) is 0 Å². The number of anilines is 1. The van der Waals surface area contributed by atoms with Crippen LogP contribution in [0, 0.1) is 0 Å². The monoisotopic (exact) mass is 324 g/mol. The molecule has 0 aliphatic rings. The summed E-state index contributed by atoms with van der Waals surface area (Å²) < 4.78 is 38.7. The highest BCUT2D eigenvalue weighted by molar-refractivity contribution is 5.95. The SMILES string of the molecule is CN(C)c1ccnc(CNC(=O)c2ccccc2C(F)(F)F)n1. The van der Waals surface area contributed by atoms with E-state index in [1.54, 1.807) is 25.1 Å². The number of aromatic nitrogens is 2. The number of benzene rings is 1. The maximum atomic E-state index is 12.9. The lowest BCUT2D eigenvalue weighted by molar-refractivity contribution is -0.137. The fourth-order valence-corrected chi connectivity index (χ4v) is 1.91. The van der Waals surface area contributed by atoms with Crippen LogP contribution >= 0.6 is 0 Å². The Morgan fingerprint density at radius 1 is 1.22 bits per heavy atom. The van der Waals surface area contributed by atoms with Crippen LogP contribution < -0.4 is 10.2 Å². The van der Waals surface area contributed by atoms with E-state index in [9.17, 15) is 18.0 Å². The maximum absolute atomic E-state index is 12.9. The molecule has 1 N–H and O–H groups in total. The summed E-state index contributed by atoms with van der Waals surface area (Å²) in [5.74, 6) is 0.130. The molecule has 1 heterocycles. The van der Waals surface area contributed by atoms with Crippen LogP contribution in [0.15, 0.2) is 36.5 Å². The summed E-state index contributed by atoms with van der Waals surface area (Å²) in [6, 6.07) is 6.31. The number of hydrogen-bond acceptors (Lipinski definition) is 4. The van der Waals surface area contributed by atoms with Gasteiger partial charge < -0.3 is 10.2 Å². The zero-order valence-corrected chi connectivity index (χ0v) is 12.6. The van der Waals surface area contributed by atoms with Crippen LogP contribution in [0.5, 0.6) is 0 Å². The van der Waals surface area contributed by atoms with Crippen molar-refractivity contribution in [2.24, 2.45) is 0 Å². The average molecular weight is 324 g/mol. The van der Waals surface area contributed by atoms with Gasteiger partial charge in [0.2, 0.25) is 0 Å². The number of rotatable bonds is 4. The summed E-state index contributed by atoms with van der Waals surface area (Å²) in [7, 11) is 3.59. The highest BCUT2D eigenvalue weighted by Crippen LogP contribution is 2.31. The molecule has 0 atom stereocenters. The van der Waals surface area contributed by atoms with Crippen LogP contribution in [0.25, 0.3) is 0 Å². The zero-order valence-electron chi connectivity index (χ0n) is 12.6. The predicted molar refractivity (Wildman–Crippen MR) is 79.0 cm³/mol. The molecule has 2 rings (SSSR count). The van der Waals surface area contributed by atoms with E-state index in [0.717, 1.165) is 12.1 Å². The highest BCUT2D eigenvalue weighted by Gasteiger charge is 2.34. The van der Waals surface area contributed by atoms with Gasteiger partial charge in [-0.15, -0.1) is 0 Å². The molecule has 0 saturated heterocycles. The van der Waals surface area contributed by atoms with E-state index < -0.39 is 23.2 Å². The number of alkyl halides is 3. The molecular formula is C15H15F3N4O. The van der Waals surface area contributed by atoms with Gasteiger partial charge in [0.25, 0.3) is 5.91 Å². The standard InChI is InChI=1S/C15H15F3N4O/c1-22(2)13-7-8-19-12(21-13)9-20-14(23)10-5-3-4-6-11(10)15(16,17)18/h3-8H,9H2,1-2H3,(H,20,23). The van der Waals surface area contributed by atoms with E-state index in [4.69, 9.17) is 0 Å². The average Bonchev–Trinajstić information content (AvgIpc) is 2.52. The number of nitrogens with zero attached hydrogens (tertiary/aromatic N) is 3. The molecule has 1 aromatic heterocycles. The molecule has 23 heavy (non-hydrogen) atoms. The second-order valence-electron chi connectivity index (χ2n) is 4.95. The summed E-state index contributed by atoms with van der Waals surface area (Å²) in [5.41, 5.74) is -1.40. The quantitative estimate of drug-likeness (QED) is 0.939. The van der Waals surface area contributed by atoms with Gasteiger partial charge in [-0.2, -0.15) is 13.2 Å². The van der Waals surface area contributed by atoms with E-state index >= 15 is 0 Å². The lowest BCUT2D eigenvalue weighted by Crippen LogP contribution is -2.27. The van der Waals surface area contributed by atoms with Gasteiger partial charge in [-0.1, -0.05) is 12.1 Å². The smallest absolute Gasteiger partial charge is 0.363 e. The molecule has 0 fully saturated rings. The molecule has 0 saturated carbocycles. The largest absolute Gasteiger partial charge is 0.417 e. The molecule has 122 valence electrons. The predicted octanol–water partition coefficient (Wildman–Crippen LogP) is 2.49. The highest BCUT2D eigenvalue weighted by atomic mass is 19.4. The van der Waals surface area contributed by atoms with Gasteiger partial charge in [0.1, 0.15) is 11.6 Å². The minimum atomic E-state index is -4.59. The molecular weight excluding hydrogens is 309 g/mol. The van der Waals surface area contributed by atoms with Gasteiger partial charge in [0.15, 0.2) is 0 Å². The number of carbonyl (C=O) groups is 1. The van der Waals surface area contributed by atoms with Crippen molar-refractivity contribution in [1.82, 2.24) is 15.3 Å². The van der Waals surface area contributed by atoms with E-state index in [1.807, 2.05) is 0 Å². The first kappa shape index (κ1) is 16.7. The molecule has 8 heteroatoms. The van der Waals surface area contributed by atoms with Crippen molar-refractivity contribution >= 4 is 11.7 Å². The van der Waals surface area contributed by atoms with Crippen molar-refractivity contribution in [3.63, 3.8) is 0 Å². The number of nitrogens with one attached hydrogen (secondary N) is 1. The third-order valence-corrected chi connectivity index (χ3v) is 3.03. The Hall–Kier alpha value is -2.64. The van der Waals surface area contributed by atoms with Gasteiger partial charge in [-0.25, -0.2) is 9.97 Å². The topological polar surface area (TPSA) is 58.1 Å². The van der Waals surface area contributed by atoms with Crippen molar-refractivity contribution in [2.75, 3.05) is 19.0 Å². The van der Waals surface area contributed by atoms with Gasteiger partial charge in [0, 0.05) is 20.3 Å². The molecule has 5 nitrogen and oxygen atoms in total. The Labute approximate surface area is 131 Å². The van der Waals surface area contributed by atoms with Crippen molar-refractivity contribution in [3.8, 4) is 0 Å². The summed E-state index contributed by atoms with van der Waals surface area (Å²) in [6.45, 7) is -0.0628. The number of amides is 1. The first-order valence-electron chi connectivity index (χ1n) is 6.72. The van der Waals surface area contributed by atoms with E-state index in [2.05, 4.69) is 15.3 Å². The van der Waals surface area contributed by atoms with Gasteiger partial charge >= 0.3 is 6.18 Å². The fourth-order valence-electron chi connectivity index (χ4n) is 1.91. The van der Waals surface area contributed by atoms with Crippen LogP contribution in [0.4, 0.5) is 19.0 Å². The summed E-state index contributed by atoms with van der Waals surface area (Å²) in [5, 5.41) is 2.41. The lowest BCUT2D eigenvalue weighted by atomic mass is 10.1. The van der Waals surface area contributed by atoms with E-state index in [1.165, 1.54) is 18.3 Å². The van der Waals surface area contributed by atoms with Gasteiger partial charge in [0.05, 0.1) is 17.7 Å². The van der Waals surface area contributed by atoms with Gasteiger partial charge in [-0.05, 0) is 18.2 Å². The summed E-state index contributed by atoms with van der Waals surface area (Å²) in [6.07, 6.45) is -3.07. The second kappa shape index (κ2) is 6.64. The lowest BCUT2D eigenvalue weighted by Gasteiger charge is -2.13. The Bertz CT molecular complexity index is 701. The fraction of sp³-hybridized carbons (Fsp3) is 0.267. The molecule has 1 aromatic carbocycles. The van der Waals surface area contributed by atoms with E-state index in [0.29, 0.717) is 11.6 Å². The van der Waals surface area contributed by atoms with Crippen molar-refractivity contribution in [2.45, 2.75) is 12.7 Å². The number of hydrogen-bond donors (Lipinski definition) is 1. The van der Waals surface area contributed by atoms with Gasteiger partial charge in [-0.3, -0.25) is 4.79 Å². The molecule has 0 bridgehead atoms. The molecule has 0 radical (unpaired) electrons. The van der Waals surface area contributed by atoms with Crippen LogP contribution in [0.3, 0.4) is 0 Å². The third-order valence-electron chi connectivity index (χ3n) is 3.03. The number of halogens is 3. The minimum absolute atomic E-state index is 0.0628. The Kier molecular flexibility index (Phi) is 4.83. The first-order chi connectivity index (χ1) is 10.8. The molecule has 0 aliphatic carbocycles. The Morgan fingerprint density at radius 3 is 2.57 bits per heavy atom. The van der Waals surface area contributed by atoms with Crippen LogP contribution in [-0.4, -0.2) is 30.0 Å². The van der Waals surface area contributed by atoms with E-state index in [-0.39, 0.29) is 6.54 Å². The summed E-state index contributed by atoms with van der Waals surface area (Å²) in [4.78, 5) is 22.0. The third kappa shape index (κ3) is 4.18. The van der Waals surface area contributed by atoms with Crippen LogP contribution in [-0.2, 0) is 12.7 Å². The van der Waals surface area contributed by atoms with Crippen molar-refractivity contribution in [1.29, 1.82) is 0 Å². The molecule has 0 unspecified atom stereocenters. The molecule has 1 amide bonds. The minimum Gasteiger partial charge on any atom is -0.363 e. The second-order valence-corrected chi connectivity index (χ2v) is 4.95. The molecule has 0 aliphatic heterocycles. The number of carbonyl (C=O) groups excluding carboxylic acids is 1. The Balaban J connectivity index is 2.13. The first-order valence-corrected chi connectivity index (χ1v) is 6.72. The molecule has 0 spiro atoms. The zero-order chi connectivity index (χ0) is 17.0. The normalized spacial score (nSPS) is 11.2.